The van der Waals surface area contributed by atoms with Crippen LogP contribution in [0.15, 0.2) is 72.1 Å². The lowest BCUT2D eigenvalue weighted by atomic mass is 10.00. The second-order valence-corrected chi connectivity index (χ2v) is 7.92. The van der Waals surface area contributed by atoms with Crippen LogP contribution in [0.5, 0.6) is 5.75 Å². The fourth-order valence-electron chi connectivity index (χ4n) is 2.95. The van der Waals surface area contributed by atoms with Crippen molar-refractivity contribution in [3.8, 4) is 17.0 Å². The van der Waals surface area contributed by atoms with Crippen molar-refractivity contribution in [3.63, 3.8) is 0 Å². The van der Waals surface area contributed by atoms with Crippen molar-refractivity contribution in [2.24, 2.45) is 0 Å². The van der Waals surface area contributed by atoms with E-state index in [0.717, 1.165) is 21.9 Å². The van der Waals surface area contributed by atoms with Crippen molar-refractivity contribution < 1.29 is 13.5 Å². The zero-order valence-electron chi connectivity index (χ0n) is 14.9. The quantitative estimate of drug-likeness (QED) is 0.551. The van der Waals surface area contributed by atoms with Gasteiger partial charge in [0.1, 0.15) is 17.9 Å². The Kier molecular flexibility index (Phi) is 4.40. The van der Waals surface area contributed by atoms with Gasteiger partial charge < -0.3 is 5.11 Å². The first-order valence-corrected chi connectivity index (χ1v) is 9.90. The Morgan fingerprint density at radius 1 is 0.964 bits per heavy atom. The van der Waals surface area contributed by atoms with Crippen molar-refractivity contribution in [2.75, 3.05) is 4.72 Å². The van der Waals surface area contributed by atoms with Crippen LogP contribution in [0.3, 0.4) is 0 Å². The Morgan fingerprint density at radius 3 is 2.61 bits per heavy atom. The summed E-state index contributed by atoms with van der Waals surface area (Å²) in [5.41, 5.74) is 2.43. The molecule has 2 heterocycles. The molecular weight excluding hydrogens is 376 g/mol. The molecule has 0 unspecified atom stereocenters. The van der Waals surface area contributed by atoms with Crippen molar-refractivity contribution in [1.29, 1.82) is 0 Å². The average Bonchev–Trinajstić information content (AvgIpc) is 2.69. The molecular formula is C20H16N4O3S. The summed E-state index contributed by atoms with van der Waals surface area (Å²) in [6, 6.07) is 13.1. The van der Waals surface area contributed by atoms with E-state index in [4.69, 9.17) is 0 Å². The van der Waals surface area contributed by atoms with Gasteiger partial charge >= 0.3 is 0 Å². The molecule has 4 rings (SSSR count). The lowest BCUT2D eigenvalue weighted by molar-refractivity contribution is 0.475. The molecule has 140 valence electrons. The highest BCUT2D eigenvalue weighted by molar-refractivity contribution is 7.92. The number of rotatable bonds is 4. The molecule has 7 nitrogen and oxygen atoms in total. The van der Waals surface area contributed by atoms with Crippen LogP contribution in [0.25, 0.3) is 22.0 Å². The number of phenols is 1. The molecule has 0 spiro atoms. The van der Waals surface area contributed by atoms with E-state index in [1.54, 1.807) is 36.5 Å². The van der Waals surface area contributed by atoms with Crippen molar-refractivity contribution in [3.05, 3.63) is 72.8 Å². The van der Waals surface area contributed by atoms with Crippen LogP contribution in [0.4, 0.5) is 5.82 Å². The summed E-state index contributed by atoms with van der Waals surface area (Å²) >= 11 is 0. The largest absolute Gasteiger partial charge is 0.508 e. The summed E-state index contributed by atoms with van der Waals surface area (Å²) < 4.78 is 27.8. The van der Waals surface area contributed by atoms with Crippen molar-refractivity contribution in [1.82, 2.24) is 15.0 Å². The maximum atomic E-state index is 12.7. The van der Waals surface area contributed by atoms with Gasteiger partial charge in [-0.1, -0.05) is 12.1 Å². The SMILES string of the molecule is Cc1ccc(O)cc1-c1nccc2cc(S(=O)(=O)Nc3ccncn3)ccc12. The molecule has 28 heavy (non-hydrogen) atoms. The summed E-state index contributed by atoms with van der Waals surface area (Å²) in [6.45, 7) is 1.93. The zero-order valence-corrected chi connectivity index (χ0v) is 15.7. The number of phenolic OH excluding ortho intramolecular Hbond substituents is 1. The number of benzene rings is 2. The van der Waals surface area contributed by atoms with Crippen molar-refractivity contribution >= 4 is 26.6 Å². The van der Waals surface area contributed by atoms with Crippen LogP contribution >= 0.6 is 0 Å². The van der Waals surface area contributed by atoms with Gasteiger partial charge in [-0.25, -0.2) is 18.4 Å². The van der Waals surface area contributed by atoms with E-state index in [1.165, 1.54) is 24.7 Å². The summed E-state index contributed by atoms with van der Waals surface area (Å²) in [6.07, 6.45) is 4.35. The van der Waals surface area contributed by atoms with Crippen molar-refractivity contribution in [2.45, 2.75) is 11.8 Å². The number of nitrogens with zero attached hydrogens (tertiary/aromatic N) is 3. The van der Waals surface area contributed by atoms with Crippen LogP contribution in [-0.4, -0.2) is 28.5 Å². The minimum absolute atomic E-state index is 0.114. The lowest BCUT2D eigenvalue weighted by Gasteiger charge is -2.11. The van der Waals surface area contributed by atoms with Gasteiger partial charge in [0.2, 0.25) is 0 Å². The highest BCUT2D eigenvalue weighted by Gasteiger charge is 2.17. The number of nitrogens with one attached hydrogen (secondary N) is 1. The maximum Gasteiger partial charge on any atom is 0.263 e. The molecule has 0 bridgehead atoms. The molecule has 4 aromatic rings. The third-order valence-corrected chi connectivity index (χ3v) is 5.70. The lowest BCUT2D eigenvalue weighted by Crippen LogP contribution is -2.13. The molecule has 0 saturated heterocycles. The second-order valence-electron chi connectivity index (χ2n) is 6.24. The van der Waals surface area contributed by atoms with Gasteiger partial charge in [-0.05, 0) is 54.3 Å². The fraction of sp³-hybridized carbons (Fsp3) is 0.0500. The van der Waals surface area contributed by atoms with Gasteiger partial charge in [0.25, 0.3) is 10.0 Å². The molecule has 0 aliphatic carbocycles. The molecule has 2 N–H and O–H groups in total. The Hall–Kier alpha value is -3.52. The second kappa shape index (κ2) is 6.90. The minimum atomic E-state index is -3.80. The Labute approximate surface area is 161 Å². The molecule has 0 saturated carbocycles. The van der Waals surface area contributed by atoms with E-state index >= 15 is 0 Å². The molecule has 2 aromatic heterocycles. The van der Waals surface area contributed by atoms with Gasteiger partial charge in [-0.15, -0.1) is 0 Å². The third-order valence-electron chi connectivity index (χ3n) is 4.34. The summed E-state index contributed by atoms with van der Waals surface area (Å²) in [5.74, 6) is 0.341. The van der Waals surface area contributed by atoms with E-state index in [9.17, 15) is 13.5 Å². The third kappa shape index (κ3) is 3.37. The number of aryl methyl sites for hydroxylation is 1. The topological polar surface area (TPSA) is 105 Å². The average molecular weight is 392 g/mol. The Bertz CT molecular complexity index is 1280. The maximum absolute atomic E-state index is 12.7. The normalized spacial score (nSPS) is 11.5. The fourth-order valence-corrected chi connectivity index (χ4v) is 3.99. The number of fused-ring (bicyclic) bond motifs is 1. The number of hydrogen-bond donors (Lipinski definition) is 2. The summed E-state index contributed by atoms with van der Waals surface area (Å²) in [5, 5.41) is 11.3. The number of aromatic nitrogens is 3. The van der Waals surface area contributed by atoms with E-state index in [-0.39, 0.29) is 16.5 Å². The Balaban J connectivity index is 1.80. The zero-order chi connectivity index (χ0) is 19.7. The van der Waals surface area contributed by atoms with Crippen LogP contribution in [-0.2, 0) is 10.0 Å². The standard InChI is InChI=1S/C20H16N4O3S/c1-13-2-3-15(25)11-18(13)20-17-5-4-16(10-14(17)6-9-22-20)28(26,27)24-19-7-8-21-12-23-19/h2-12,25H,1H3,(H,21,23,24). The van der Waals surface area contributed by atoms with Gasteiger partial charge in [-0.2, -0.15) is 0 Å². The molecule has 0 radical (unpaired) electrons. The predicted molar refractivity (Wildman–Crippen MR) is 106 cm³/mol. The van der Waals surface area contributed by atoms with E-state index in [0.29, 0.717) is 5.69 Å². The van der Waals surface area contributed by atoms with Gasteiger partial charge in [-0.3, -0.25) is 9.71 Å². The van der Waals surface area contributed by atoms with E-state index in [2.05, 4.69) is 19.7 Å². The summed E-state index contributed by atoms with van der Waals surface area (Å²) in [7, 11) is -3.80. The first-order chi connectivity index (χ1) is 13.4. The molecule has 0 fully saturated rings. The van der Waals surface area contributed by atoms with Gasteiger partial charge in [0.05, 0.1) is 10.6 Å². The van der Waals surface area contributed by atoms with Crippen LogP contribution in [0, 0.1) is 6.92 Å². The van der Waals surface area contributed by atoms with E-state index < -0.39 is 10.0 Å². The molecule has 0 atom stereocenters. The Morgan fingerprint density at radius 2 is 1.82 bits per heavy atom. The first-order valence-electron chi connectivity index (χ1n) is 8.42. The van der Waals surface area contributed by atoms with Gasteiger partial charge in [0, 0.05) is 23.3 Å². The highest BCUT2D eigenvalue weighted by atomic mass is 32.2. The number of pyridine rings is 1. The predicted octanol–water partition coefficient (Wildman–Crippen LogP) is 3.51. The van der Waals surface area contributed by atoms with Crippen LogP contribution in [0.1, 0.15) is 5.56 Å². The molecule has 0 aliphatic heterocycles. The van der Waals surface area contributed by atoms with Crippen LogP contribution in [0.2, 0.25) is 0 Å². The monoisotopic (exact) mass is 392 g/mol. The molecule has 2 aromatic carbocycles. The minimum Gasteiger partial charge on any atom is -0.508 e. The molecule has 0 aliphatic rings. The van der Waals surface area contributed by atoms with Gasteiger partial charge in [0.15, 0.2) is 0 Å². The first kappa shape index (κ1) is 17.9. The molecule has 0 amide bonds. The molecule has 8 heteroatoms. The number of anilines is 1. The smallest absolute Gasteiger partial charge is 0.263 e. The number of hydrogen-bond acceptors (Lipinski definition) is 6. The van der Waals surface area contributed by atoms with E-state index in [1.807, 2.05) is 13.0 Å². The summed E-state index contributed by atoms with van der Waals surface area (Å²) in [4.78, 5) is 12.2. The van der Waals surface area contributed by atoms with Crippen LogP contribution < -0.4 is 4.72 Å². The number of sulfonamides is 1. The number of aromatic hydroxyl groups is 1. The highest BCUT2D eigenvalue weighted by Crippen LogP contribution is 2.32.